The number of hydrogen-bond donors (Lipinski definition) is 1. The maximum Gasteiger partial charge on any atom is 0.312 e. The van der Waals surface area contributed by atoms with E-state index in [1.54, 1.807) is 0 Å². The molecule has 2 fully saturated rings. The monoisotopic (exact) mass is 213 g/mol. The highest BCUT2D eigenvalue weighted by Gasteiger charge is 2.42. The zero-order valence-electron chi connectivity index (χ0n) is 9.19. The molecule has 4 heteroatoms. The lowest BCUT2D eigenvalue weighted by molar-refractivity contribution is -0.157. The average molecular weight is 213 g/mol. The van der Waals surface area contributed by atoms with Gasteiger partial charge in [-0.1, -0.05) is 6.42 Å². The van der Waals surface area contributed by atoms with Crippen LogP contribution in [-0.4, -0.2) is 48.3 Å². The van der Waals surface area contributed by atoms with E-state index in [9.17, 15) is 9.90 Å². The van der Waals surface area contributed by atoms with E-state index < -0.39 is 6.10 Å². The lowest BCUT2D eigenvalue weighted by Gasteiger charge is -2.45. The summed E-state index contributed by atoms with van der Waals surface area (Å²) >= 11 is 0. The standard InChI is InChI=1S/C11H19NO3/c1-15-11(14)10-8-4-2-3-6-12(8)7-5-9(10)13/h8-10,13H,2-7H2,1H3/t8-,9-,10-/m1/s1. The summed E-state index contributed by atoms with van der Waals surface area (Å²) in [6, 6.07) is 0.204. The highest BCUT2D eigenvalue weighted by atomic mass is 16.5. The second kappa shape index (κ2) is 4.49. The number of fused-ring (bicyclic) bond motifs is 1. The van der Waals surface area contributed by atoms with Crippen molar-refractivity contribution in [3.63, 3.8) is 0 Å². The molecule has 0 radical (unpaired) electrons. The number of esters is 1. The van der Waals surface area contributed by atoms with E-state index in [0.717, 1.165) is 25.9 Å². The second-order valence-electron chi connectivity index (χ2n) is 4.50. The molecule has 0 bridgehead atoms. The van der Waals surface area contributed by atoms with Crippen LogP contribution in [-0.2, 0) is 9.53 Å². The number of carbonyl (C=O) groups excluding carboxylic acids is 1. The van der Waals surface area contributed by atoms with Crippen molar-refractivity contribution in [2.45, 2.75) is 37.8 Å². The molecule has 0 unspecified atom stereocenters. The topological polar surface area (TPSA) is 49.8 Å². The third kappa shape index (κ3) is 2.01. The minimum atomic E-state index is -0.517. The molecule has 2 aliphatic rings. The fourth-order valence-electron chi connectivity index (χ4n) is 2.89. The summed E-state index contributed by atoms with van der Waals surface area (Å²) in [6.07, 6.45) is 3.55. The Morgan fingerprint density at radius 3 is 2.87 bits per heavy atom. The molecular formula is C11H19NO3. The van der Waals surface area contributed by atoms with Gasteiger partial charge >= 0.3 is 5.97 Å². The van der Waals surface area contributed by atoms with Crippen molar-refractivity contribution >= 4 is 5.97 Å². The molecule has 1 N–H and O–H groups in total. The van der Waals surface area contributed by atoms with Gasteiger partial charge in [0, 0.05) is 12.6 Å². The molecule has 2 rings (SSSR count). The van der Waals surface area contributed by atoms with Gasteiger partial charge in [-0.25, -0.2) is 0 Å². The molecule has 15 heavy (non-hydrogen) atoms. The fourth-order valence-corrected chi connectivity index (χ4v) is 2.89. The first-order valence-electron chi connectivity index (χ1n) is 5.74. The number of hydrogen-bond acceptors (Lipinski definition) is 4. The molecule has 0 amide bonds. The number of nitrogens with zero attached hydrogens (tertiary/aromatic N) is 1. The van der Waals surface area contributed by atoms with Gasteiger partial charge < -0.3 is 9.84 Å². The summed E-state index contributed by atoms with van der Waals surface area (Å²) in [7, 11) is 1.40. The van der Waals surface area contributed by atoms with Gasteiger partial charge in [-0.3, -0.25) is 9.69 Å². The van der Waals surface area contributed by atoms with E-state index in [1.165, 1.54) is 13.5 Å². The quantitative estimate of drug-likeness (QED) is 0.640. The van der Waals surface area contributed by atoms with Crippen molar-refractivity contribution in [1.82, 2.24) is 4.90 Å². The molecule has 0 aromatic heterocycles. The molecular weight excluding hydrogens is 194 g/mol. The molecule has 86 valence electrons. The summed E-state index contributed by atoms with van der Waals surface area (Å²) in [4.78, 5) is 14.0. The van der Waals surface area contributed by atoms with E-state index in [1.807, 2.05) is 0 Å². The van der Waals surface area contributed by atoms with Gasteiger partial charge in [0.05, 0.1) is 19.1 Å². The first-order valence-corrected chi connectivity index (χ1v) is 5.74. The van der Waals surface area contributed by atoms with Crippen molar-refractivity contribution in [3.8, 4) is 0 Å². The van der Waals surface area contributed by atoms with Gasteiger partial charge in [0.15, 0.2) is 0 Å². The van der Waals surface area contributed by atoms with Gasteiger partial charge in [0.1, 0.15) is 0 Å². The van der Waals surface area contributed by atoms with Crippen molar-refractivity contribution in [3.05, 3.63) is 0 Å². The van der Waals surface area contributed by atoms with Crippen LogP contribution < -0.4 is 0 Å². The van der Waals surface area contributed by atoms with Gasteiger partial charge in [0.25, 0.3) is 0 Å². The highest BCUT2D eigenvalue weighted by Crippen LogP contribution is 2.31. The summed E-state index contributed by atoms with van der Waals surface area (Å²) in [5, 5.41) is 9.88. The number of rotatable bonds is 1. The van der Waals surface area contributed by atoms with Crippen LogP contribution in [0.1, 0.15) is 25.7 Å². The summed E-state index contributed by atoms with van der Waals surface area (Å²) in [6.45, 7) is 1.98. The van der Waals surface area contributed by atoms with Crippen LogP contribution in [0.5, 0.6) is 0 Å². The lowest BCUT2D eigenvalue weighted by atomic mass is 9.81. The first kappa shape index (κ1) is 10.9. The number of aliphatic hydroxyl groups excluding tert-OH is 1. The molecule has 0 aromatic carbocycles. The number of piperidine rings is 2. The van der Waals surface area contributed by atoms with Crippen LogP contribution >= 0.6 is 0 Å². The smallest absolute Gasteiger partial charge is 0.312 e. The van der Waals surface area contributed by atoms with E-state index in [-0.39, 0.29) is 17.9 Å². The van der Waals surface area contributed by atoms with E-state index in [2.05, 4.69) is 4.90 Å². The Balaban J connectivity index is 2.12. The van der Waals surface area contributed by atoms with Crippen LogP contribution in [0.2, 0.25) is 0 Å². The highest BCUT2D eigenvalue weighted by molar-refractivity contribution is 5.74. The number of methoxy groups -OCH3 is 1. The van der Waals surface area contributed by atoms with E-state index in [4.69, 9.17) is 4.74 Å². The van der Waals surface area contributed by atoms with Crippen LogP contribution in [0.3, 0.4) is 0 Å². The third-order valence-electron chi connectivity index (χ3n) is 3.68. The predicted octanol–water partition coefficient (Wildman–Crippen LogP) is 0.395. The van der Waals surface area contributed by atoms with Crippen molar-refractivity contribution in [2.24, 2.45) is 5.92 Å². The zero-order valence-corrected chi connectivity index (χ0v) is 9.19. The fraction of sp³-hybridized carbons (Fsp3) is 0.909. The Labute approximate surface area is 90.2 Å². The van der Waals surface area contributed by atoms with Crippen molar-refractivity contribution in [2.75, 3.05) is 20.2 Å². The second-order valence-corrected chi connectivity index (χ2v) is 4.50. The number of carbonyl (C=O) groups is 1. The Hall–Kier alpha value is -0.610. The van der Waals surface area contributed by atoms with Gasteiger partial charge in [-0.05, 0) is 25.8 Å². The minimum Gasteiger partial charge on any atom is -0.469 e. The molecule has 0 aromatic rings. The van der Waals surface area contributed by atoms with E-state index in [0.29, 0.717) is 6.42 Å². The molecule has 0 saturated carbocycles. The first-order chi connectivity index (χ1) is 7.24. The zero-order chi connectivity index (χ0) is 10.8. The van der Waals surface area contributed by atoms with Crippen LogP contribution in [0.25, 0.3) is 0 Å². The predicted molar refractivity (Wildman–Crippen MR) is 55.3 cm³/mol. The lowest BCUT2D eigenvalue weighted by Crippen LogP contribution is -2.55. The van der Waals surface area contributed by atoms with Crippen LogP contribution in [0.15, 0.2) is 0 Å². The normalized spacial score (nSPS) is 37.1. The van der Waals surface area contributed by atoms with Gasteiger partial charge in [-0.2, -0.15) is 0 Å². The van der Waals surface area contributed by atoms with Crippen LogP contribution in [0, 0.1) is 5.92 Å². The Morgan fingerprint density at radius 1 is 1.33 bits per heavy atom. The molecule has 4 nitrogen and oxygen atoms in total. The number of aliphatic hydroxyl groups is 1. The minimum absolute atomic E-state index is 0.204. The molecule has 0 spiro atoms. The van der Waals surface area contributed by atoms with Crippen molar-refractivity contribution < 1.29 is 14.6 Å². The average Bonchev–Trinajstić information content (AvgIpc) is 2.28. The molecule has 2 heterocycles. The van der Waals surface area contributed by atoms with Gasteiger partial charge in [0.2, 0.25) is 0 Å². The summed E-state index contributed by atoms with van der Waals surface area (Å²) in [5.41, 5.74) is 0. The van der Waals surface area contributed by atoms with Crippen LogP contribution in [0.4, 0.5) is 0 Å². The Morgan fingerprint density at radius 2 is 2.13 bits per heavy atom. The number of ether oxygens (including phenoxy) is 1. The molecule has 2 saturated heterocycles. The largest absolute Gasteiger partial charge is 0.469 e. The molecule has 2 aliphatic heterocycles. The maximum atomic E-state index is 11.6. The molecule has 0 aliphatic carbocycles. The molecule has 3 atom stereocenters. The maximum absolute atomic E-state index is 11.6. The summed E-state index contributed by atoms with van der Waals surface area (Å²) < 4.78 is 4.78. The van der Waals surface area contributed by atoms with Crippen molar-refractivity contribution in [1.29, 1.82) is 0 Å². The van der Waals surface area contributed by atoms with Gasteiger partial charge in [-0.15, -0.1) is 0 Å². The third-order valence-corrected chi connectivity index (χ3v) is 3.68. The SMILES string of the molecule is COC(=O)[C@H]1[C@H](O)CCN2CCCC[C@H]12. The summed E-state index contributed by atoms with van der Waals surface area (Å²) in [5.74, 6) is -0.580. The Kier molecular flexibility index (Phi) is 3.26. The van der Waals surface area contributed by atoms with E-state index >= 15 is 0 Å². The Bertz CT molecular complexity index is 244.